The second-order valence-electron chi connectivity index (χ2n) is 6.49. The summed E-state index contributed by atoms with van der Waals surface area (Å²) in [4.78, 5) is 2.25. The average Bonchev–Trinajstić information content (AvgIpc) is 3.10. The zero-order chi connectivity index (χ0) is 19.1. The van der Waals surface area contributed by atoms with Gasteiger partial charge in [-0.25, -0.2) is 4.39 Å². The van der Waals surface area contributed by atoms with Gasteiger partial charge < -0.3 is 4.57 Å². The zero-order valence-corrected chi connectivity index (χ0v) is 15.2. The molecule has 3 rings (SSSR count). The normalized spacial score (nSPS) is 10.7. The van der Waals surface area contributed by atoms with Crippen LogP contribution in [-0.2, 0) is 19.6 Å². The monoisotopic (exact) mass is 359 g/mol. The highest BCUT2D eigenvalue weighted by atomic mass is 19.1. The fraction of sp³-hybridized carbons (Fsp3) is 0.174. The second-order valence-corrected chi connectivity index (χ2v) is 6.49. The van der Waals surface area contributed by atoms with E-state index in [1.165, 1.54) is 6.07 Å². The predicted octanol–water partition coefficient (Wildman–Crippen LogP) is 4.74. The SMILES string of the molecule is C=CCN(Cc1cccc(C#N)c1)Cc1cccn1Cc1ccccc1F. The minimum Gasteiger partial charge on any atom is -0.346 e. The van der Waals surface area contributed by atoms with Crippen molar-refractivity contribution in [3.8, 4) is 6.07 Å². The first kappa shape index (κ1) is 18.6. The lowest BCUT2D eigenvalue weighted by atomic mass is 10.1. The molecule has 1 heterocycles. The largest absolute Gasteiger partial charge is 0.346 e. The van der Waals surface area contributed by atoms with Crippen molar-refractivity contribution in [3.05, 3.63) is 108 Å². The Balaban J connectivity index is 1.75. The molecule has 1 aromatic heterocycles. The molecule has 0 atom stereocenters. The Hall–Kier alpha value is -3.16. The van der Waals surface area contributed by atoms with Gasteiger partial charge in [-0.1, -0.05) is 36.4 Å². The maximum atomic E-state index is 14.0. The van der Waals surface area contributed by atoms with Crippen LogP contribution in [0.3, 0.4) is 0 Å². The van der Waals surface area contributed by atoms with Crippen molar-refractivity contribution in [2.75, 3.05) is 6.54 Å². The van der Waals surface area contributed by atoms with Gasteiger partial charge in [0, 0.05) is 37.1 Å². The van der Waals surface area contributed by atoms with E-state index in [2.05, 4.69) is 28.2 Å². The summed E-state index contributed by atoms with van der Waals surface area (Å²) in [6.45, 7) is 6.51. The molecule has 3 nitrogen and oxygen atoms in total. The van der Waals surface area contributed by atoms with Crippen LogP contribution < -0.4 is 0 Å². The highest BCUT2D eigenvalue weighted by Gasteiger charge is 2.11. The summed E-state index contributed by atoms with van der Waals surface area (Å²) in [5.41, 5.74) is 3.53. The summed E-state index contributed by atoms with van der Waals surface area (Å²) < 4.78 is 16.1. The Bertz CT molecular complexity index is 952. The number of nitrogens with zero attached hydrogens (tertiary/aromatic N) is 3. The van der Waals surface area contributed by atoms with Gasteiger partial charge in [0.2, 0.25) is 0 Å². The standard InChI is InChI=1S/C23H22FN3/c1-2-12-26(16-20-8-5-7-19(14-20)15-25)18-22-10-6-13-27(22)17-21-9-3-4-11-23(21)24/h2-11,13-14H,1,12,16-18H2. The molecule has 0 aliphatic heterocycles. The maximum Gasteiger partial charge on any atom is 0.128 e. The number of nitriles is 1. The molecule has 0 radical (unpaired) electrons. The van der Waals surface area contributed by atoms with Crippen LogP contribution >= 0.6 is 0 Å². The zero-order valence-electron chi connectivity index (χ0n) is 15.2. The Morgan fingerprint density at radius 3 is 2.70 bits per heavy atom. The molecule has 0 amide bonds. The Kier molecular flexibility index (Phi) is 6.19. The molecule has 0 saturated heterocycles. The quantitative estimate of drug-likeness (QED) is 0.544. The molecule has 0 fully saturated rings. The molecule has 3 aromatic rings. The van der Waals surface area contributed by atoms with Crippen molar-refractivity contribution in [1.29, 1.82) is 5.26 Å². The fourth-order valence-corrected chi connectivity index (χ4v) is 3.15. The van der Waals surface area contributed by atoms with E-state index in [1.807, 2.05) is 48.7 Å². The summed E-state index contributed by atoms with van der Waals surface area (Å²) in [7, 11) is 0. The number of rotatable bonds is 8. The number of benzene rings is 2. The molecule has 0 aliphatic carbocycles. The second kappa shape index (κ2) is 8.98. The van der Waals surface area contributed by atoms with Gasteiger partial charge >= 0.3 is 0 Å². The number of hydrogen-bond donors (Lipinski definition) is 0. The van der Waals surface area contributed by atoms with E-state index in [0.29, 0.717) is 30.8 Å². The van der Waals surface area contributed by atoms with Gasteiger partial charge in [0.1, 0.15) is 5.82 Å². The van der Waals surface area contributed by atoms with Crippen molar-refractivity contribution < 1.29 is 4.39 Å². The maximum absolute atomic E-state index is 14.0. The van der Waals surface area contributed by atoms with Gasteiger partial charge in [0.15, 0.2) is 0 Å². The summed E-state index contributed by atoms with van der Waals surface area (Å²) in [6, 6.07) is 20.7. The lowest BCUT2D eigenvalue weighted by Crippen LogP contribution is -2.24. The van der Waals surface area contributed by atoms with E-state index in [-0.39, 0.29) is 5.82 Å². The molecule has 0 unspecified atom stereocenters. The lowest BCUT2D eigenvalue weighted by Gasteiger charge is -2.22. The van der Waals surface area contributed by atoms with Gasteiger partial charge in [-0.3, -0.25) is 4.90 Å². The molecule has 0 saturated carbocycles. The van der Waals surface area contributed by atoms with Crippen molar-refractivity contribution >= 4 is 0 Å². The Labute approximate surface area is 159 Å². The molecular weight excluding hydrogens is 337 g/mol. The van der Waals surface area contributed by atoms with Crippen molar-refractivity contribution in [2.45, 2.75) is 19.6 Å². The average molecular weight is 359 g/mol. The van der Waals surface area contributed by atoms with Crippen LogP contribution in [0.25, 0.3) is 0 Å². The van der Waals surface area contributed by atoms with Crippen LogP contribution in [0, 0.1) is 17.1 Å². The van der Waals surface area contributed by atoms with Crippen LogP contribution in [0.5, 0.6) is 0 Å². The molecule has 4 heteroatoms. The first-order valence-corrected chi connectivity index (χ1v) is 8.89. The third-order valence-electron chi connectivity index (χ3n) is 4.46. The third kappa shape index (κ3) is 4.93. The number of hydrogen-bond acceptors (Lipinski definition) is 2. The first-order chi connectivity index (χ1) is 13.2. The third-order valence-corrected chi connectivity index (χ3v) is 4.46. The summed E-state index contributed by atoms with van der Waals surface area (Å²) in [5, 5.41) is 9.09. The molecule has 0 aliphatic rings. The van der Waals surface area contributed by atoms with Crippen molar-refractivity contribution in [1.82, 2.24) is 9.47 Å². The summed E-state index contributed by atoms with van der Waals surface area (Å²) >= 11 is 0. The van der Waals surface area contributed by atoms with E-state index >= 15 is 0 Å². The van der Waals surface area contributed by atoms with Gasteiger partial charge in [-0.15, -0.1) is 6.58 Å². The molecule has 0 bridgehead atoms. The van der Waals surface area contributed by atoms with E-state index in [9.17, 15) is 4.39 Å². The topological polar surface area (TPSA) is 32.0 Å². The molecular formula is C23H22FN3. The van der Waals surface area contributed by atoms with Crippen LogP contribution in [0.2, 0.25) is 0 Å². The van der Waals surface area contributed by atoms with Crippen LogP contribution in [0.1, 0.15) is 22.4 Å². The van der Waals surface area contributed by atoms with Crippen molar-refractivity contribution in [3.63, 3.8) is 0 Å². The van der Waals surface area contributed by atoms with Crippen LogP contribution in [0.15, 0.2) is 79.5 Å². The lowest BCUT2D eigenvalue weighted by molar-refractivity contribution is 0.278. The van der Waals surface area contributed by atoms with Gasteiger partial charge in [0.25, 0.3) is 0 Å². The van der Waals surface area contributed by atoms with E-state index in [1.54, 1.807) is 12.1 Å². The number of aromatic nitrogens is 1. The summed E-state index contributed by atoms with van der Waals surface area (Å²) in [6.07, 6.45) is 3.85. The highest BCUT2D eigenvalue weighted by Crippen LogP contribution is 2.15. The molecule has 136 valence electrons. The van der Waals surface area contributed by atoms with Gasteiger partial charge in [-0.05, 0) is 35.9 Å². The van der Waals surface area contributed by atoms with E-state index < -0.39 is 0 Å². The van der Waals surface area contributed by atoms with Gasteiger partial charge in [-0.2, -0.15) is 5.26 Å². The summed E-state index contributed by atoms with van der Waals surface area (Å²) in [5.74, 6) is -0.187. The highest BCUT2D eigenvalue weighted by molar-refractivity contribution is 5.32. The predicted molar refractivity (Wildman–Crippen MR) is 105 cm³/mol. The molecule has 2 aromatic carbocycles. The fourth-order valence-electron chi connectivity index (χ4n) is 3.15. The first-order valence-electron chi connectivity index (χ1n) is 8.89. The molecule has 0 N–H and O–H groups in total. The van der Waals surface area contributed by atoms with Crippen LogP contribution in [-0.4, -0.2) is 16.0 Å². The Morgan fingerprint density at radius 1 is 1.07 bits per heavy atom. The Morgan fingerprint density at radius 2 is 1.93 bits per heavy atom. The minimum atomic E-state index is -0.187. The van der Waals surface area contributed by atoms with E-state index in [0.717, 1.165) is 17.8 Å². The number of halogens is 1. The van der Waals surface area contributed by atoms with Gasteiger partial charge in [0.05, 0.1) is 18.2 Å². The molecule has 27 heavy (non-hydrogen) atoms. The molecule has 0 spiro atoms. The van der Waals surface area contributed by atoms with E-state index in [4.69, 9.17) is 5.26 Å². The minimum absolute atomic E-state index is 0.187. The van der Waals surface area contributed by atoms with Crippen molar-refractivity contribution in [2.24, 2.45) is 0 Å². The smallest absolute Gasteiger partial charge is 0.128 e. The van der Waals surface area contributed by atoms with Crippen LogP contribution in [0.4, 0.5) is 4.39 Å².